The van der Waals surface area contributed by atoms with Crippen LogP contribution in [0.5, 0.6) is 0 Å². The van der Waals surface area contributed by atoms with Gasteiger partial charge in [0.25, 0.3) is 0 Å². The summed E-state index contributed by atoms with van der Waals surface area (Å²) in [5.41, 5.74) is -0.107. The maximum absolute atomic E-state index is 11.7. The first-order valence-corrected chi connectivity index (χ1v) is 5.74. The van der Waals surface area contributed by atoms with Crippen LogP contribution in [0.2, 0.25) is 0 Å². The van der Waals surface area contributed by atoms with E-state index in [1.54, 1.807) is 0 Å². The Labute approximate surface area is 108 Å². The van der Waals surface area contributed by atoms with Gasteiger partial charge in [0.2, 0.25) is 0 Å². The minimum Gasteiger partial charge on any atom is -0.394 e. The van der Waals surface area contributed by atoms with Crippen LogP contribution in [-0.2, 0) is 14.3 Å². The standard InChI is InChI=1S/C12H14O7/c13-4-8-9(16)10(17)11(18)12(19-8)6-3-5(14)1-2-7(6)15/h1-3,8-13,16-18H,4H2/t8-,9+,10+,11-,12+/m1/s1. The van der Waals surface area contributed by atoms with Crippen LogP contribution in [0.1, 0.15) is 0 Å². The Morgan fingerprint density at radius 1 is 1.05 bits per heavy atom. The highest BCUT2D eigenvalue weighted by Gasteiger charge is 2.46. The molecule has 7 nitrogen and oxygen atoms in total. The van der Waals surface area contributed by atoms with Crippen molar-refractivity contribution in [3.05, 3.63) is 23.8 Å². The Balaban J connectivity index is 2.28. The Morgan fingerprint density at radius 3 is 2.37 bits per heavy atom. The first-order chi connectivity index (χ1) is 8.95. The Hall–Kier alpha value is -1.38. The second kappa shape index (κ2) is 5.32. The molecule has 0 aromatic heterocycles. The highest BCUT2D eigenvalue weighted by Crippen LogP contribution is 2.27. The van der Waals surface area contributed by atoms with Crippen molar-refractivity contribution >= 4 is 11.6 Å². The molecule has 104 valence electrons. The lowest BCUT2D eigenvalue weighted by molar-refractivity contribution is -0.219. The third-order valence-electron chi connectivity index (χ3n) is 3.18. The second-order valence-electron chi connectivity index (χ2n) is 4.45. The average Bonchev–Trinajstić information content (AvgIpc) is 2.40. The molecule has 19 heavy (non-hydrogen) atoms. The first kappa shape index (κ1) is 14.0. The molecule has 0 unspecified atom stereocenters. The third-order valence-corrected chi connectivity index (χ3v) is 3.18. The minimum absolute atomic E-state index is 0.107. The molecule has 2 rings (SSSR count). The molecule has 0 aromatic carbocycles. The SMILES string of the molecule is O=C1C=CC(=O)C([C@@H]2O[C@H](CO)[C@H](O)[C@H](O)[C@H]2O)=C1. The number of hydrogen-bond donors (Lipinski definition) is 4. The maximum Gasteiger partial charge on any atom is 0.184 e. The monoisotopic (exact) mass is 270 g/mol. The molecule has 0 saturated carbocycles. The molecule has 2 aliphatic rings. The summed E-state index contributed by atoms with van der Waals surface area (Å²) in [6, 6.07) is 0. The number of ether oxygens (including phenoxy) is 1. The molecule has 1 heterocycles. The van der Waals surface area contributed by atoms with E-state index < -0.39 is 48.7 Å². The maximum atomic E-state index is 11.7. The van der Waals surface area contributed by atoms with Crippen LogP contribution in [0, 0.1) is 0 Å². The number of allylic oxidation sites excluding steroid dienone is 3. The van der Waals surface area contributed by atoms with E-state index in [2.05, 4.69) is 0 Å². The van der Waals surface area contributed by atoms with E-state index in [1.807, 2.05) is 0 Å². The van der Waals surface area contributed by atoms with Crippen LogP contribution in [0.4, 0.5) is 0 Å². The fourth-order valence-electron chi connectivity index (χ4n) is 2.11. The topological polar surface area (TPSA) is 124 Å². The van der Waals surface area contributed by atoms with Crippen LogP contribution in [-0.4, -0.2) is 69.1 Å². The number of carbonyl (C=O) groups is 2. The smallest absolute Gasteiger partial charge is 0.184 e. The largest absolute Gasteiger partial charge is 0.394 e. The lowest BCUT2D eigenvalue weighted by atomic mass is 9.87. The summed E-state index contributed by atoms with van der Waals surface area (Å²) in [6.07, 6.45) is -3.89. The third kappa shape index (κ3) is 2.51. The summed E-state index contributed by atoms with van der Waals surface area (Å²) < 4.78 is 5.20. The van der Waals surface area contributed by atoms with Gasteiger partial charge in [-0.3, -0.25) is 9.59 Å². The minimum atomic E-state index is -1.58. The van der Waals surface area contributed by atoms with Crippen molar-refractivity contribution in [3.8, 4) is 0 Å². The van der Waals surface area contributed by atoms with Gasteiger partial charge in [0.05, 0.1) is 6.61 Å². The van der Waals surface area contributed by atoms with Gasteiger partial charge >= 0.3 is 0 Å². The van der Waals surface area contributed by atoms with E-state index in [9.17, 15) is 24.9 Å². The van der Waals surface area contributed by atoms with Crippen molar-refractivity contribution in [2.45, 2.75) is 30.5 Å². The van der Waals surface area contributed by atoms with E-state index in [4.69, 9.17) is 9.84 Å². The van der Waals surface area contributed by atoms with Crippen molar-refractivity contribution in [1.82, 2.24) is 0 Å². The molecule has 1 aliphatic carbocycles. The number of aliphatic hydroxyl groups excluding tert-OH is 4. The first-order valence-electron chi connectivity index (χ1n) is 5.74. The molecule has 5 atom stereocenters. The van der Waals surface area contributed by atoms with Crippen LogP contribution in [0.25, 0.3) is 0 Å². The number of carbonyl (C=O) groups excluding carboxylic acids is 2. The number of rotatable bonds is 2. The van der Waals surface area contributed by atoms with E-state index in [0.29, 0.717) is 0 Å². The molecule has 0 aromatic rings. The molecule has 1 saturated heterocycles. The van der Waals surface area contributed by atoms with Crippen LogP contribution >= 0.6 is 0 Å². The fourth-order valence-corrected chi connectivity index (χ4v) is 2.11. The van der Waals surface area contributed by atoms with Gasteiger partial charge in [-0.25, -0.2) is 0 Å². The van der Waals surface area contributed by atoms with Crippen LogP contribution in [0.15, 0.2) is 23.8 Å². The van der Waals surface area contributed by atoms with Gasteiger partial charge in [-0.1, -0.05) is 0 Å². The Bertz CT molecular complexity index is 451. The van der Waals surface area contributed by atoms with E-state index in [-0.39, 0.29) is 5.57 Å². The summed E-state index contributed by atoms with van der Waals surface area (Å²) in [4.78, 5) is 22.9. The zero-order valence-electron chi connectivity index (χ0n) is 9.84. The van der Waals surface area contributed by atoms with Crippen molar-refractivity contribution in [3.63, 3.8) is 0 Å². The Kier molecular flexibility index (Phi) is 3.93. The lowest BCUT2D eigenvalue weighted by Crippen LogP contribution is -2.59. The van der Waals surface area contributed by atoms with Crippen molar-refractivity contribution < 1.29 is 34.8 Å². The van der Waals surface area contributed by atoms with Crippen molar-refractivity contribution in [1.29, 1.82) is 0 Å². The predicted molar refractivity (Wildman–Crippen MR) is 61.0 cm³/mol. The molecule has 1 aliphatic heterocycles. The molecular formula is C12H14O7. The second-order valence-corrected chi connectivity index (χ2v) is 4.45. The Morgan fingerprint density at radius 2 is 1.74 bits per heavy atom. The lowest BCUT2D eigenvalue weighted by Gasteiger charge is -2.40. The molecule has 0 bridgehead atoms. The molecule has 0 radical (unpaired) electrons. The molecule has 4 N–H and O–H groups in total. The normalized spacial score (nSPS) is 39.4. The van der Waals surface area contributed by atoms with Crippen LogP contribution < -0.4 is 0 Å². The highest BCUT2D eigenvalue weighted by atomic mass is 16.5. The quantitative estimate of drug-likeness (QED) is 0.408. The summed E-state index contributed by atoms with van der Waals surface area (Å²) in [5.74, 6) is -0.963. The van der Waals surface area contributed by atoms with E-state index >= 15 is 0 Å². The van der Waals surface area contributed by atoms with Gasteiger partial charge in [-0.2, -0.15) is 0 Å². The van der Waals surface area contributed by atoms with Gasteiger partial charge in [0.1, 0.15) is 30.5 Å². The number of aliphatic hydroxyl groups is 4. The fraction of sp³-hybridized carbons (Fsp3) is 0.500. The summed E-state index contributed by atoms with van der Waals surface area (Å²) in [7, 11) is 0. The number of ketones is 2. The van der Waals surface area contributed by atoms with Crippen molar-refractivity contribution in [2.75, 3.05) is 6.61 Å². The van der Waals surface area contributed by atoms with Gasteiger partial charge in [0, 0.05) is 5.57 Å². The van der Waals surface area contributed by atoms with E-state index in [1.165, 1.54) is 0 Å². The summed E-state index contributed by atoms with van der Waals surface area (Å²) >= 11 is 0. The molecule has 0 amide bonds. The van der Waals surface area contributed by atoms with Crippen molar-refractivity contribution in [2.24, 2.45) is 0 Å². The van der Waals surface area contributed by atoms with Gasteiger partial charge < -0.3 is 25.2 Å². The predicted octanol–water partition coefficient (Wildman–Crippen LogP) is -2.54. The molecule has 1 fully saturated rings. The highest BCUT2D eigenvalue weighted by molar-refractivity contribution is 6.17. The molecule has 7 heteroatoms. The molecule has 0 spiro atoms. The summed E-state index contributed by atoms with van der Waals surface area (Å²) in [5, 5.41) is 38.1. The summed E-state index contributed by atoms with van der Waals surface area (Å²) in [6.45, 7) is -0.591. The van der Waals surface area contributed by atoms with Crippen LogP contribution in [0.3, 0.4) is 0 Å². The van der Waals surface area contributed by atoms with Gasteiger partial charge in [0.15, 0.2) is 11.6 Å². The van der Waals surface area contributed by atoms with Gasteiger partial charge in [-0.05, 0) is 18.2 Å². The zero-order valence-corrected chi connectivity index (χ0v) is 9.84. The number of hydrogen-bond acceptors (Lipinski definition) is 7. The average molecular weight is 270 g/mol. The van der Waals surface area contributed by atoms with Gasteiger partial charge in [-0.15, -0.1) is 0 Å². The zero-order chi connectivity index (χ0) is 14.2. The van der Waals surface area contributed by atoms with E-state index in [0.717, 1.165) is 18.2 Å². The molecular weight excluding hydrogens is 256 g/mol.